The molecule has 0 radical (unpaired) electrons. The molecule has 1 atom stereocenters. The number of thiophene rings is 1. The predicted molar refractivity (Wildman–Crippen MR) is 89.8 cm³/mol. The van der Waals surface area contributed by atoms with Crippen LogP contribution in [0.2, 0.25) is 5.02 Å². The maximum atomic E-state index is 12.9. The van der Waals surface area contributed by atoms with E-state index in [4.69, 9.17) is 16.7 Å². The van der Waals surface area contributed by atoms with E-state index in [9.17, 15) is 13.2 Å². The Morgan fingerprint density at radius 2 is 2.22 bits per heavy atom. The van der Waals surface area contributed by atoms with Crippen LogP contribution in [0.3, 0.4) is 0 Å². The molecule has 3 rings (SSSR count). The number of sulfonamides is 1. The molecule has 0 bridgehead atoms. The summed E-state index contributed by atoms with van der Waals surface area (Å²) in [4.78, 5) is 11.1. The zero-order chi connectivity index (χ0) is 16.8. The Morgan fingerprint density at radius 3 is 2.91 bits per heavy atom. The summed E-state index contributed by atoms with van der Waals surface area (Å²) in [6.07, 6.45) is 0. The van der Waals surface area contributed by atoms with E-state index >= 15 is 0 Å². The van der Waals surface area contributed by atoms with E-state index in [1.54, 1.807) is 25.1 Å². The van der Waals surface area contributed by atoms with Crippen LogP contribution in [-0.2, 0) is 14.8 Å². The topological polar surface area (TPSA) is 86.7 Å². The number of rotatable bonds is 3. The molecule has 0 amide bonds. The second kappa shape index (κ2) is 6.03. The highest BCUT2D eigenvalue weighted by atomic mass is 35.5. The number of nitrogens with zero attached hydrogens (tertiary/aromatic N) is 1. The number of benzene rings is 1. The van der Waals surface area contributed by atoms with Gasteiger partial charge in [0.25, 0.3) is 10.0 Å². The van der Waals surface area contributed by atoms with Crippen molar-refractivity contribution in [1.29, 1.82) is 0 Å². The Hall–Kier alpha value is -1.19. The summed E-state index contributed by atoms with van der Waals surface area (Å²) >= 11 is 7.17. The number of hydrogen-bond acceptors (Lipinski definition) is 5. The van der Waals surface area contributed by atoms with Gasteiger partial charge >= 0.3 is 5.97 Å². The number of hydrogen-bond donors (Lipinski definition) is 2. The van der Waals surface area contributed by atoms with Gasteiger partial charge in [-0.2, -0.15) is 4.31 Å². The molecule has 0 unspecified atom stereocenters. The zero-order valence-electron chi connectivity index (χ0n) is 12.2. The van der Waals surface area contributed by atoms with Crippen LogP contribution >= 0.6 is 22.9 Å². The molecule has 2 aromatic rings. The normalized spacial score (nSPS) is 20.0. The molecule has 1 aromatic heterocycles. The van der Waals surface area contributed by atoms with Gasteiger partial charge in [0.2, 0.25) is 0 Å². The van der Waals surface area contributed by atoms with Crippen molar-refractivity contribution < 1.29 is 18.3 Å². The Morgan fingerprint density at radius 1 is 1.48 bits per heavy atom. The van der Waals surface area contributed by atoms with Crippen molar-refractivity contribution in [3.63, 3.8) is 0 Å². The first-order chi connectivity index (χ1) is 10.8. The summed E-state index contributed by atoms with van der Waals surface area (Å²) in [6.45, 7) is 2.23. The second-order valence-corrected chi connectivity index (χ2v) is 8.98. The molecular formula is C14H15ClN2O4S2. The lowest BCUT2D eigenvalue weighted by atomic mass is 10.2. The fraction of sp³-hybridized carbons (Fsp3) is 0.357. The van der Waals surface area contributed by atoms with Gasteiger partial charge in [-0.25, -0.2) is 8.42 Å². The van der Waals surface area contributed by atoms with Gasteiger partial charge in [0.15, 0.2) is 0 Å². The molecule has 0 spiro atoms. The third-order valence-electron chi connectivity index (χ3n) is 3.86. The quantitative estimate of drug-likeness (QED) is 0.857. The number of aliphatic carboxylic acids is 1. The molecule has 2 N–H and O–H groups in total. The number of halogens is 1. The van der Waals surface area contributed by atoms with Crippen LogP contribution in [0, 0.1) is 6.92 Å². The van der Waals surface area contributed by atoms with Crippen LogP contribution in [0.5, 0.6) is 0 Å². The van der Waals surface area contributed by atoms with Gasteiger partial charge in [0, 0.05) is 29.4 Å². The van der Waals surface area contributed by atoms with Crippen LogP contribution in [-0.4, -0.2) is 49.5 Å². The smallest absolute Gasteiger partial charge is 0.322 e. The summed E-state index contributed by atoms with van der Waals surface area (Å²) in [5, 5.41) is 13.3. The molecule has 6 nitrogen and oxygen atoms in total. The van der Waals surface area contributed by atoms with Gasteiger partial charge in [0.05, 0.1) is 0 Å². The average molecular weight is 375 g/mol. The summed E-state index contributed by atoms with van der Waals surface area (Å²) in [7, 11) is -3.73. The highest BCUT2D eigenvalue weighted by Crippen LogP contribution is 2.37. The predicted octanol–water partition coefficient (Wildman–Crippen LogP) is 1.91. The summed E-state index contributed by atoms with van der Waals surface area (Å²) in [5.41, 5.74) is 0.651. The van der Waals surface area contributed by atoms with Crippen molar-refractivity contribution in [3.05, 3.63) is 28.8 Å². The third kappa shape index (κ3) is 2.97. The largest absolute Gasteiger partial charge is 0.480 e. The number of carboxylic acids is 1. The van der Waals surface area contributed by atoms with Crippen LogP contribution in [0.4, 0.5) is 0 Å². The molecule has 0 saturated carbocycles. The highest BCUT2D eigenvalue weighted by molar-refractivity contribution is 7.91. The van der Waals surface area contributed by atoms with Crippen molar-refractivity contribution in [1.82, 2.24) is 9.62 Å². The Balaban J connectivity index is 2.03. The molecule has 9 heteroatoms. The number of aryl methyl sites for hydroxylation is 1. The average Bonchev–Trinajstić information content (AvgIpc) is 2.85. The SMILES string of the molecule is Cc1c(S(=O)(=O)N2CCN[C@@H](C(=O)O)C2)sc2ccc(Cl)cc12. The van der Waals surface area contributed by atoms with Crippen molar-refractivity contribution >= 4 is 49.0 Å². The Kier molecular flexibility index (Phi) is 4.37. The van der Waals surface area contributed by atoms with Crippen LogP contribution in [0.15, 0.2) is 22.4 Å². The van der Waals surface area contributed by atoms with E-state index in [2.05, 4.69) is 5.32 Å². The van der Waals surface area contributed by atoms with Gasteiger partial charge in [0.1, 0.15) is 10.3 Å². The van der Waals surface area contributed by atoms with Crippen molar-refractivity contribution in [2.75, 3.05) is 19.6 Å². The lowest BCUT2D eigenvalue weighted by Crippen LogP contribution is -2.55. The molecule has 124 valence electrons. The summed E-state index contributed by atoms with van der Waals surface area (Å²) in [6, 6.07) is 4.38. The monoisotopic (exact) mass is 374 g/mol. The van der Waals surface area contributed by atoms with E-state index in [0.29, 0.717) is 17.1 Å². The second-order valence-electron chi connectivity index (χ2n) is 5.36. The van der Waals surface area contributed by atoms with Gasteiger partial charge in [-0.3, -0.25) is 4.79 Å². The fourth-order valence-corrected chi connectivity index (χ4v) is 6.15. The number of nitrogens with one attached hydrogen (secondary N) is 1. The van der Waals surface area contributed by atoms with Crippen LogP contribution < -0.4 is 5.32 Å². The molecule has 1 aliphatic rings. The Bertz CT molecular complexity index is 878. The number of carboxylic acid groups (broad SMARTS) is 1. The molecule has 1 saturated heterocycles. The number of fused-ring (bicyclic) bond motifs is 1. The summed E-state index contributed by atoms with van der Waals surface area (Å²) < 4.78 is 28.2. The van der Waals surface area contributed by atoms with E-state index < -0.39 is 22.0 Å². The van der Waals surface area contributed by atoms with E-state index in [1.165, 1.54) is 15.6 Å². The fourth-order valence-electron chi connectivity index (χ4n) is 2.64. The molecule has 1 aromatic carbocycles. The Labute approximate surface area is 142 Å². The minimum atomic E-state index is -3.73. The van der Waals surface area contributed by atoms with E-state index in [1.807, 2.05) is 0 Å². The minimum Gasteiger partial charge on any atom is -0.480 e. The van der Waals surface area contributed by atoms with E-state index in [0.717, 1.165) is 10.1 Å². The molecule has 23 heavy (non-hydrogen) atoms. The van der Waals surface area contributed by atoms with Crippen LogP contribution in [0.1, 0.15) is 5.56 Å². The highest BCUT2D eigenvalue weighted by Gasteiger charge is 2.35. The van der Waals surface area contributed by atoms with Gasteiger partial charge in [-0.1, -0.05) is 11.6 Å². The molecule has 1 aliphatic heterocycles. The minimum absolute atomic E-state index is 0.0773. The van der Waals surface area contributed by atoms with Gasteiger partial charge in [-0.05, 0) is 36.1 Å². The number of carbonyl (C=O) groups is 1. The molecule has 0 aliphatic carbocycles. The first kappa shape index (κ1) is 16.7. The van der Waals surface area contributed by atoms with Crippen molar-refractivity contribution in [2.24, 2.45) is 0 Å². The van der Waals surface area contributed by atoms with Crippen molar-refractivity contribution in [3.8, 4) is 0 Å². The molecule has 1 fully saturated rings. The lowest BCUT2D eigenvalue weighted by Gasteiger charge is -2.30. The standard InChI is InChI=1S/C14H15ClN2O4S2/c1-8-10-6-9(15)2-3-12(10)22-14(8)23(20,21)17-5-4-16-11(7-17)13(18)19/h2-3,6,11,16H,4-5,7H2,1H3,(H,18,19)/t11-/m1/s1. The van der Waals surface area contributed by atoms with E-state index in [-0.39, 0.29) is 17.3 Å². The first-order valence-electron chi connectivity index (χ1n) is 6.95. The van der Waals surface area contributed by atoms with Gasteiger partial charge in [-0.15, -0.1) is 11.3 Å². The molecular weight excluding hydrogens is 360 g/mol. The third-order valence-corrected chi connectivity index (χ3v) is 7.84. The van der Waals surface area contributed by atoms with Crippen LogP contribution in [0.25, 0.3) is 10.1 Å². The van der Waals surface area contributed by atoms with Crippen molar-refractivity contribution in [2.45, 2.75) is 17.2 Å². The summed E-state index contributed by atoms with van der Waals surface area (Å²) in [5.74, 6) is -1.05. The maximum Gasteiger partial charge on any atom is 0.322 e. The number of piperazine rings is 1. The maximum absolute atomic E-state index is 12.9. The first-order valence-corrected chi connectivity index (χ1v) is 9.59. The lowest BCUT2D eigenvalue weighted by molar-refractivity contribution is -0.140. The van der Waals surface area contributed by atoms with Gasteiger partial charge < -0.3 is 10.4 Å². The zero-order valence-corrected chi connectivity index (χ0v) is 14.6. The molecule has 2 heterocycles.